The second-order valence-electron chi connectivity index (χ2n) is 2.73. The van der Waals surface area contributed by atoms with E-state index in [1.807, 2.05) is 6.08 Å². The Balaban J connectivity index is 2.46. The van der Waals surface area contributed by atoms with Crippen molar-refractivity contribution < 1.29 is 9.53 Å². The average molecular weight is 140 g/mol. The molecular weight excluding hydrogens is 128 g/mol. The number of carbonyl (C=O) groups is 1. The standard InChI is InChI=1S/C8H12O2/c1-6-3-4-7(5-6)8(9)10-2/h3-4,6-7H,5H2,1-2H3. The predicted molar refractivity (Wildman–Crippen MR) is 38.4 cm³/mol. The summed E-state index contributed by atoms with van der Waals surface area (Å²) in [4.78, 5) is 10.9. The van der Waals surface area contributed by atoms with E-state index < -0.39 is 0 Å². The lowest BCUT2D eigenvalue weighted by Crippen LogP contribution is -2.12. The second-order valence-corrected chi connectivity index (χ2v) is 2.73. The highest BCUT2D eigenvalue weighted by Crippen LogP contribution is 2.23. The molecule has 0 saturated carbocycles. The van der Waals surface area contributed by atoms with Gasteiger partial charge in [-0.05, 0) is 12.3 Å². The first-order valence-electron chi connectivity index (χ1n) is 3.50. The van der Waals surface area contributed by atoms with Crippen LogP contribution in [0.2, 0.25) is 0 Å². The third kappa shape index (κ3) is 1.38. The minimum atomic E-state index is -0.111. The molecule has 0 aliphatic heterocycles. The molecule has 1 rings (SSSR count). The molecule has 0 aromatic carbocycles. The summed E-state index contributed by atoms with van der Waals surface area (Å²) in [7, 11) is 1.43. The van der Waals surface area contributed by atoms with Crippen molar-refractivity contribution in [2.24, 2.45) is 11.8 Å². The zero-order valence-corrected chi connectivity index (χ0v) is 6.33. The SMILES string of the molecule is COC(=O)C1C=CC(C)C1. The molecule has 0 spiro atoms. The summed E-state index contributed by atoms with van der Waals surface area (Å²) in [5.41, 5.74) is 0. The number of hydrogen-bond acceptors (Lipinski definition) is 2. The zero-order valence-electron chi connectivity index (χ0n) is 6.33. The quantitative estimate of drug-likeness (QED) is 0.406. The third-order valence-electron chi connectivity index (χ3n) is 1.80. The lowest BCUT2D eigenvalue weighted by molar-refractivity contribution is -0.143. The first kappa shape index (κ1) is 7.32. The van der Waals surface area contributed by atoms with E-state index in [0.29, 0.717) is 5.92 Å². The van der Waals surface area contributed by atoms with E-state index in [4.69, 9.17) is 0 Å². The number of esters is 1. The van der Waals surface area contributed by atoms with Crippen molar-refractivity contribution in [2.75, 3.05) is 7.11 Å². The van der Waals surface area contributed by atoms with Crippen LogP contribution in [0.1, 0.15) is 13.3 Å². The third-order valence-corrected chi connectivity index (χ3v) is 1.80. The molecule has 0 aromatic heterocycles. The Morgan fingerprint density at radius 2 is 2.30 bits per heavy atom. The Morgan fingerprint density at radius 1 is 1.60 bits per heavy atom. The molecule has 0 aromatic rings. The molecule has 1 aliphatic carbocycles. The maximum Gasteiger partial charge on any atom is 0.312 e. The number of rotatable bonds is 1. The zero-order chi connectivity index (χ0) is 7.56. The van der Waals surface area contributed by atoms with Crippen LogP contribution in [-0.4, -0.2) is 13.1 Å². The van der Waals surface area contributed by atoms with Crippen LogP contribution < -0.4 is 0 Å². The molecule has 2 atom stereocenters. The molecule has 10 heavy (non-hydrogen) atoms. The number of ether oxygens (including phenoxy) is 1. The molecule has 0 fully saturated rings. The van der Waals surface area contributed by atoms with Crippen LogP contribution in [-0.2, 0) is 9.53 Å². The van der Waals surface area contributed by atoms with Crippen LogP contribution in [0.4, 0.5) is 0 Å². The van der Waals surface area contributed by atoms with Gasteiger partial charge in [-0.3, -0.25) is 4.79 Å². The number of allylic oxidation sites excluding steroid dienone is 1. The minimum Gasteiger partial charge on any atom is -0.469 e. The molecule has 2 unspecified atom stereocenters. The first-order valence-corrected chi connectivity index (χ1v) is 3.50. The topological polar surface area (TPSA) is 26.3 Å². The molecule has 0 bridgehead atoms. The van der Waals surface area contributed by atoms with E-state index in [2.05, 4.69) is 17.7 Å². The van der Waals surface area contributed by atoms with Gasteiger partial charge in [-0.25, -0.2) is 0 Å². The predicted octanol–water partition coefficient (Wildman–Crippen LogP) is 1.37. The van der Waals surface area contributed by atoms with Crippen LogP contribution >= 0.6 is 0 Å². The Hall–Kier alpha value is -0.790. The molecule has 0 radical (unpaired) electrons. The van der Waals surface area contributed by atoms with Gasteiger partial charge in [0.1, 0.15) is 0 Å². The summed E-state index contributed by atoms with van der Waals surface area (Å²) in [6.07, 6.45) is 4.89. The van der Waals surface area contributed by atoms with Gasteiger partial charge in [-0.2, -0.15) is 0 Å². The van der Waals surface area contributed by atoms with Crippen molar-refractivity contribution in [3.63, 3.8) is 0 Å². The van der Waals surface area contributed by atoms with Crippen LogP contribution in [0.15, 0.2) is 12.2 Å². The lowest BCUT2D eigenvalue weighted by Gasteiger charge is -2.04. The fourth-order valence-electron chi connectivity index (χ4n) is 1.21. The van der Waals surface area contributed by atoms with E-state index in [1.54, 1.807) is 0 Å². The van der Waals surface area contributed by atoms with Gasteiger partial charge in [-0.1, -0.05) is 19.1 Å². The molecule has 0 saturated heterocycles. The van der Waals surface area contributed by atoms with E-state index in [0.717, 1.165) is 6.42 Å². The highest BCUT2D eigenvalue weighted by molar-refractivity contribution is 5.74. The molecule has 2 heteroatoms. The fourth-order valence-corrected chi connectivity index (χ4v) is 1.21. The lowest BCUT2D eigenvalue weighted by atomic mass is 10.1. The molecular formula is C8H12O2. The smallest absolute Gasteiger partial charge is 0.312 e. The highest BCUT2D eigenvalue weighted by atomic mass is 16.5. The maximum atomic E-state index is 10.9. The van der Waals surface area contributed by atoms with Crippen molar-refractivity contribution in [1.82, 2.24) is 0 Å². The monoisotopic (exact) mass is 140 g/mol. The van der Waals surface area contributed by atoms with Gasteiger partial charge < -0.3 is 4.74 Å². The Morgan fingerprint density at radius 3 is 2.70 bits per heavy atom. The molecule has 0 N–H and O–H groups in total. The Kier molecular flexibility index (Phi) is 2.10. The Labute approximate surface area is 60.9 Å². The van der Waals surface area contributed by atoms with Gasteiger partial charge in [0.05, 0.1) is 13.0 Å². The number of carbonyl (C=O) groups excluding carboxylic acids is 1. The van der Waals surface area contributed by atoms with E-state index >= 15 is 0 Å². The van der Waals surface area contributed by atoms with E-state index in [9.17, 15) is 4.79 Å². The fraction of sp³-hybridized carbons (Fsp3) is 0.625. The van der Waals surface area contributed by atoms with Crippen LogP contribution in [0.3, 0.4) is 0 Å². The van der Waals surface area contributed by atoms with Crippen LogP contribution in [0.25, 0.3) is 0 Å². The molecule has 0 heterocycles. The Bertz CT molecular complexity index is 161. The van der Waals surface area contributed by atoms with Crippen LogP contribution in [0, 0.1) is 11.8 Å². The van der Waals surface area contributed by atoms with Gasteiger partial charge in [0, 0.05) is 0 Å². The molecule has 1 aliphatic rings. The van der Waals surface area contributed by atoms with E-state index in [1.165, 1.54) is 7.11 Å². The normalized spacial score (nSPS) is 30.6. The summed E-state index contributed by atoms with van der Waals surface area (Å²) < 4.78 is 4.59. The summed E-state index contributed by atoms with van der Waals surface area (Å²) in [5, 5.41) is 0. The van der Waals surface area contributed by atoms with E-state index in [-0.39, 0.29) is 11.9 Å². The first-order chi connectivity index (χ1) is 4.74. The minimum absolute atomic E-state index is 0.0139. The average Bonchev–Trinajstić information content (AvgIpc) is 2.34. The van der Waals surface area contributed by atoms with Gasteiger partial charge in [0.2, 0.25) is 0 Å². The van der Waals surface area contributed by atoms with Crippen molar-refractivity contribution in [3.05, 3.63) is 12.2 Å². The summed E-state index contributed by atoms with van der Waals surface area (Å²) in [6, 6.07) is 0. The van der Waals surface area contributed by atoms with Gasteiger partial charge in [-0.15, -0.1) is 0 Å². The van der Waals surface area contributed by atoms with Crippen LogP contribution in [0.5, 0.6) is 0 Å². The number of methoxy groups -OCH3 is 1. The molecule has 0 amide bonds. The molecule has 56 valence electrons. The van der Waals surface area contributed by atoms with Gasteiger partial charge in [0.15, 0.2) is 0 Å². The van der Waals surface area contributed by atoms with Crippen molar-refractivity contribution in [1.29, 1.82) is 0 Å². The van der Waals surface area contributed by atoms with Crippen molar-refractivity contribution in [3.8, 4) is 0 Å². The summed E-state index contributed by atoms with van der Waals surface area (Å²) >= 11 is 0. The van der Waals surface area contributed by atoms with Gasteiger partial charge in [0.25, 0.3) is 0 Å². The molecule has 2 nitrogen and oxygen atoms in total. The van der Waals surface area contributed by atoms with Crippen molar-refractivity contribution in [2.45, 2.75) is 13.3 Å². The summed E-state index contributed by atoms with van der Waals surface area (Å²) in [6.45, 7) is 2.10. The largest absolute Gasteiger partial charge is 0.469 e. The van der Waals surface area contributed by atoms with Crippen molar-refractivity contribution >= 4 is 5.97 Å². The maximum absolute atomic E-state index is 10.9. The number of hydrogen-bond donors (Lipinski definition) is 0. The highest BCUT2D eigenvalue weighted by Gasteiger charge is 2.22. The summed E-state index contributed by atoms with van der Waals surface area (Å²) in [5.74, 6) is 0.435. The van der Waals surface area contributed by atoms with Gasteiger partial charge >= 0.3 is 5.97 Å². The second kappa shape index (κ2) is 2.86.